The third-order valence-corrected chi connectivity index (χ3v) is 2.02. The summed E-state index contributed by atoms with van der Waals surface area (Å²) in [7, 11) is 0. The maximum Gasteiger partial charge on any atom is 0.496 e. The zero-order valence-corrected chi connectivity index (χ0v) is 12.4. The first-order chi connectivity index (χ1) is 12.1. The first kappa shape index (κ1) is 26.2. The van der Waals surface area contributed by atoms with Crippen LogP contribution < -0.4 is 0 Å². The van der Waals surface area contributed by atoms with Crippen LogP contribution in [-0.4, -0.2) is 49.5 Å². The lowest BCUT2D eigenvalue weighted by atomic mass is 10.3. The maximum absolute atomic E-state index is 12.9. The number of ether oxygens (including phenoxy) is 4. The molecule has 0 aromatic carbocycles. The number of hydrogen-bond acceptors (Lipinski definition) is 5. The molecule has 0 amide bonds. The van der Waals surface area contributed by atoms with E-state index in [1.807, 2.05) is 4.74 Å². The van der Waals surface area contributed by atoms with Crippen LogP contribution >= 0.6 is 0 Å². The summed E-state index contributed by atoms with van der Waals surface area (Å²) in [5.41, 5.74) is 0. The Morgan fingerprint density at radius 3 is 1.57 bits per heavy atom. The monoisotopic (exact) mass is 452 g/mol. The predicted octanol–water partition coefficient (Wildman–Crippen LogP) is 4.25. The zero-order chi connectivity index (χ0) is 22.8. The van der Waals surface area contributed by atoms with Crippen molar-refractivity contribution in [3.05, 3.63) is 12.7 Å². The molecule has 0 saturated carbocycles. The van der Waals surface area contributed by atoms with Gasteiger partial charge in [0.25, 0.3) is 0 Å². The molecule has 5 nitrogen and oxygen atoms in total. The molecule has 0 fully saturated rings. The Bertz CT molecular complexity index is 571. The summed E-state index contributed by atoms with van der Waals surface area (Å²) >= 11 is 0. The van der Waals surface area contributed by atoms with E-state index in [9.17, 15) is 61.9 Å². The lowest BCUT2D eigenvalue weighted by Gasteiger charge is -2.31. The Balaban J connectivity index is 5.25. The lowest BCUT2D eigenvalue weighted by Crippen LogP contribution is -2.56. The van der Waals surface area contributed by atoms with E-state index in [0.29, 0.717) is 0 Å². The van der Waals surface area contributed by atoms with Crippen LogP contribution in [0.15, 0.2) is 12.7 Å². The van der Waals surface area contributed by atoms with Crippen LogP contribution in [0.2, 0.25) is 0 Å². The molecule has 0 rings (SSSR count). The van der Waals surface area contributed by atoms with Crippen molar-refractivity contribution < 1.29 is 80.8 Å². The summed E-state index contributed by atoms with van der Waals surface area (Å²) in [6.07, 6.45) is -32.5. The molecular weight excluding hydrogens is 447 g/mol. The Morgan fingerprint density at radius 2 is 1.18 bits per heavy atom. The normalized spacial score (nSPS) is 14.8. The van der Waals surface area contributed by atoms with Gasteiger partial charge in [0.1, 0.15) is 0 Å². The molecule has 0 aliphatic carbocycles. The van der Waals surface area contributed by atoms with E-state index in [1.165, 1.54) is 0 Å². The largest absolute Gasteiger partial charge is 0.496 e. The van der Waals surface area contributed by atoms with Crippen LogP contribution in [0.25, 0.3) is 0 Å². The highest BCUT2D eigenvalue weighted by atomic mass is 19.4. The molecule has 166 valence electrons. The van der Waals surface area contributed by atoms with Gasteiger partial charge in [-0.2, -0.15) is 39.5 Å². The first-order valence-electron chi connectivity index (χ1n) is 5.93. The summed E-state index contributed by atoms with van der Waals surface area (Å²) in [5, 5.41) is 0. The number of carbonyl (C=O) groups excluding carboxylic acids is 1. The van der Waals surface area contributed by atoms with E-state index in [-0.39, 0.29) is 6.08 Å². The fourth-order valence-electron chi connectivity index (χ4n) is 0.976. The van der Waals surface area contributed by atoms with Gasteiger partial charge < -0.3 is 4.74 Å². The van der Waals surface area contributed by atoms with E-state index in [0.717, 1.165) is 0 Å². The predicted molar refractivity (Wildman–Crippen MR) is 55.2 cm³/mol. The van der Waals surface area contributed by atoms with Gasteiger partial charge in [-0.25, -0.2) is 19.0 Å². The Morgan fingerprint density at radius 1 is 0.750 bits per heavy atom. The third-order valence-electron chi connectivity index (χ3n) is 2.02. The summed E-state index contributed by atoms with van der Waals surface area (Å²) in [5.74, 6) is -8.97. The van der Waals surface area contributed by atoms with Crippen molar-refractivity contribution in [3.63, 3.8) is 0 Å². The van der Waals surface area contributed by atoms with E-state index < -0.39 is 49.5 Å². The minimum absolute atomic E-state index is 0.246. The second kappa shape index (κ2) is 7.90. The number of carbonyl (C=O) groups is 1. The van der Waals surface area contributed by atoms with Crippen molar-refractivity contribution >= 4 is 5.97 Å². The number of hydrogen-bond donors (Lipinski definition) is 0. The van der Waals surface area contributed by atoms with Crippen molar-refractivity contribution in [2.75, 3.05) is 6.61 Å². The molecule has 0 aliphatic rings. The van der Waals surface area contributed by atoms with Gasteiger partial charge >= 0.3 is 42.9 Å². The van der Waals surface area contributed by atoms with Gasteiger partial charge in [0.15, 0.2) is 6.61 Å². The number of rotatable bonds is 10. The molecule has 0 aromatic rings. The molecule has 0 spiro atoms. The summed E-state index contributed by atoms with van der Waals surface area (Å²) in [6, 6.07) is 0. The number of alkyl halides is 13. The number of halogens is 13. The van der Waals surface area contributed by atoms with Crippen LogP contribution in [0.1, 0.15) is 0 Å². The van der Waals surface area contributed by atoms with Crippen LogP contribution in [0, 0.1) is 0 Å². The molecule has 0 aromatic heterocycles. The summed E-state index contributed by atoms with van der Waals surface area (Å²) in [4.78, 5) is 10.5. The summed E-state index contributed by atoms with van der Waals surface area (Å²) in [6.45, 7) is 0.311. The van der Waals surface area contributed by atoms with E-state index in [4.69, 9.17) is 0 Å². The molecule has 0 N–H and O–H groups in total. The molecule has 0 radical (unpaired) electrons. The zero-order valence-electron chi connectivity index (χ0n) is 12.4. The quantitative estimate of drug-likeness (QED) is 0.215. The van der Waals surface area contributed by atoms with E-state index >= 15 is 0 Å². The molecule has 0 saturated heterocycles. The van der Waals surface area contributed by atoms with Gasteiger partial charge in [-0.1, -0.05) is 6.58 Å². The van der Waals surface area contributed by atoms with Gasteiger partial charge in [0, 0.05) is 6.08 Å². The fourth-order valence-corrected chi connectivity index (χ4v) is 0.976. The molecule has 0 heterocycles. The minimum atomic E-state index is -7.33. The fraction of sp³-hybridized carbons (Fsp3) is 0.700. The molecule has 0 atom stereocenters. The molecule has 0 unspecified atom stereocenters. The second-order valence-electron chi connectivity index (χ2n) is 4.27. The van der Waals surface area contributed by atoms with E-state index in [2.05, 4.69) is 16.1 Å². The first-order valence-corrected chi connectivity index (χ1v) is 5.93. The topological polar surface area (TPSA) is 54.0 Å². The van der Waals surface area contributed by atoms with Crippen LogP contribution in [-0.2, 0) is 23.7 Å². The van der Waals surface area contributed by atoms with Crippen LogP contribution in [0.5, 0.6) is 0 Å². The Hall–Kier alpha value is -1.82. The summed E-state index contributed by atoms with van der Waals surface area (Å²) < 4.78 is 171. The van der Waals surface area contributed by atoms with Crippen LogP contribution in [0.4, 0.5) is 57.1 Å². The van der Waals surface area contributed by atoms with E-state index in [1.54, 1.807) is 4.74 Å². The van der Waals surface area contributed by atoms with Crippen molar-refractivity contribution in [2.45, 2.75) is 36.9 Å². The van der Waals surface area contributed by atoms with Gasteiger partial charge in [0.2, 0.25) is 0 Å². The van der Waals surface area contributed by atoms with Crippen molar-refractivity contribution in [2.24, 2.45) is 0 Å². The van der Waals surface area contributed by atoms with Crippen molar-refractivity contribution in [3.8, 4) is 0 Å². The number of esters is 1. The average molecular weight is 452 g/mol. The average Bonchev–Trinajstić information content (AvgIpc) is 2.39. The molecular formula is C10H5F13O5. The van der Waals surface area contributed by atoms with Gasteiger partial charge in [-0.15, -0.1) is 17.6 Å². The maximum atomic E-state index is 12.9. The molecule has 28 heavy (non-hydrogen) atoms. The highest BCUT2D eigenvalue weighted by molar-refractivity contribution is 5.81. The third kappa shape index (κ3) is 7.30. The smallest absolute Gasteiger partial charge is 0.453 e. The standard InChI is InChI=1S/C10H5F13O5/c1-2-4(24)25-3-5(11,12)26-9(20,21)28-10(22,23)27-8(18,19)6(13,14)7(15,16)17/h2H,1,3H2. The van der Waals surface area contributed by atoms with Gasteiger partial charge in [-0.3, -0.25) is 0 Å². The molecule has 0 bridgehead atoms. The Kier molecular flexibility index (Phi) is 7.38. The van der Waals surface area contributed by atoms with Gasteiger partial charge in [-0.05, 0) is 0 Å². The van der Waals surface area contributed by atoms with Crippen molar-refractivity contribution in [1.29, 1.82) is 0 Å². The molecule has 0 aliphatic heterocycles. The van der Waals surface area contributed by atoms with Gasteiger partial charge in [0.05, 0.1) is 0 Å². The second-order valence-corrected chi connectivity index (χ2v) is 4.27. The lowest BCUT2D eigenvalue weighted by molar-refractivity contribution is -0.588. The highest BCUT2D eigenvalue weighted by Crippen LogP contribution is 2.49. The SMILES string of the molecule is C=CC(=O)OCC(F)(F)OC(F)(F)OC(F)(F)OC(F)(F)C(F)(F)C(F)(F)F. The molecule has 18 heteroatoms. The van der Waals surface area contributed by atoms with Crippen LogP contribution in [0.3, 0.4) is 0 Å². The highest BCUT2D eigenvalue weighted by Gasteiger charge is 2.77. The van der Waals surface area contributed by atoms with Crippen molar-refractivity contribution in [1.82, 2.24) is 0 Å². The minimum Gasteiger partial charge on any atom is -0.453 e. The Labute approximate surface area is 144 Å².